The number of benzene rings is 2. The number of nitrogens with one attached hydrogen (secondary N) is 1. The summed E-state index contributed by atoms with van der Waals surface area (Å²) >= 11 is 0. The summed E-state index contributed by atoms with van der Waals surface area (Å²) in [6, 6.07) is 13.6. The number of amides is 2. The normalized spacial score (nSPS) is 27.7. The van der Waals surface area contributed by atoms with Crippen molar-refractivity contribution in [1.82, 2.24) is 14.9 Å². The number of fused-ring (bicyclic) bond motifs is 1. The topological polar surface area (TPSA) is 102 Å². The minimum atomic E-state index is -3.59. The molecule has 0 atom stereocenters. The number of aryl methyl sites for hydroxylation is 1. The van der Waals surface area contributed by atoms with Crippen molar-refractivity contribution in [3.8, 4) is 0 Å². The molecule has 0 unspecified atom stereocenters. The molecule has 10 nitrogen and oxygen atoms in total. The van der Waals surface area contributed by atoms with Crippen molar-refractivity contribution in [2.45, 2.75) is 62.4 Å². The quantitative estimate of drug-likeness (QED) is 0.371. The van der Waals surface area contributed by atoms with Gasteiger partial charge in [-0.05, 0) is 106 Å². The number of hydrogen-bond donors (Lipinski definition) is 1. The summed E-state index contributed by atoms with van der Waals surface area (Å²) in [6.07, 6.45) is 9.66. The van der Waals surface area contributed by atoms with Gasteiger partial charge in [-0.2, -0.15) is 4.98 Å². The molecule has 5 fully saturated rings. The van der Waals surface area contributed by atoms with Crippen LogP contribution in [0.15, 0.2) is 53.6 Å². The summed E-state index contributed by atoms with van der Waals surface area (Å²) in [6.45, 7) is 6.13. The van der Waals surface area contributed by atoms with Crippen molar-refractivity contribution >= 4 is 44.7 Å². The second kappa shape index (κ2) is 10.9. The largest absolute Gasteiger partial charge is 0.369 e. The van der Waals surface area contributed by atoms with Gasteiger partial charge in [0.05, 0.1) is 22.7 Å². The van der Waals surface area contributed by atoms with Gasteiger partial charge in [-0.15, -0.1) is 0 Å². The lowest BCUT2D eigenvalue weighted by Crippen LogP contribution is -2.65. The number of sulfone groups is 1. The number of anilines is 5. The fraction of sp³-hybridized carbons (Fsp3) is 0.514. The summed E-state index contributed by atoms with van der Waals surface area (Å²) in [5, 5.41) is 3.40. The van der Waals surface area contributed by atoms with Gasteiger partial charge >= 0.3 is 6.03 Å². The number of rotatable bonds is 6. The molecule has 242 valence electrons. The van der Waals surface area contributed by atoms with Crippen LogP contribution in [0.3, 0.4) is 0 Å². The Bertz CT molecular complexity index is 1750. The fourth-order valence-electron chi connectivity index (χ4n) is 9.45. The Hall–Kier alpha value is -3.70. The van der Waals surface area contributed by atoms with Crippen molar-refractivity contribution in [3.05, 3.63) is 59.8 Å². The molecular weight excluding hydrogens is 598 g/mol. The van der Waals surface area contributed by atoms with Crippen molar-refractivity contribution in [2.75, 3.05) is 59.5 Å². The highest BCUT2D eigenvalue weighted by atomic mass is 32.2. The summed E-state index contributed by atoms with van der Waals surface area (Å²) in [7, 11) is -1.43. The van der Waals surface area contributed by atoms with Crippen LogP contribution in [0.5, 0.6) is 0 Å². The molecule has 46 heavy (non-hydrogen) atoms. The van der Waals surface area contributed by atoms with Crippen LogP contribution < -0.4 is 20.0 Å². The number of nitrogens with zero attached hydrogens (tertiary/aromatic N) is 6. The number of aromatic nitrogens is 2. The van der Waals surface area contributed by atoms with E-state index in [0.717, 1.165) is 56.7 Å². The monoisotopic (exact) mass is 641 g/mol. The third-order valence-electron chi connectivity index (χ3n) is 11.1. The SMILES string of the molecule is Cc1cccc(N2Cc3cnc(Nc4ccc(N5CCN(C)CC5)cc4)nc3N(C34CC5CC(CC(C5)C3)C4)C2=O)c1S(C)(=O)=O. The molecule has 2 aliphatic heterocycles. The zero-order chi connectivity index (χ0) is 31.8. The van der Waals surface area contributed by atoms with Crippen molar-refractivity contribution < 1.29 is 13.2 Å². The van der Waals surface area contributed by atoms with Gasteiger partial charge in [0.25, 0.3) is 0 Å². The van der Waals surface area contributed by atoms with Gasteiger partial charge in [0.2, 0.25) is 5.95 Å². The Balaban J connectivity index is 1.16. The number of carbonyl (C=O) groups excluding carboxylic acids is 1. The summed E-state index contributed by atoms with van der Waals surface area (Å²) < 4.78 is 26.1. The first kappa shape index (κ1) is 29.7. The molecule has 2 amide bonds. The standard InChI is InChI=1S/C35H43N7O3S/c1-23-5-4-6-30(31(23)46(3,44)45)41-22-27-21-36-33(37-28-7-9-29(10-8-28)40-13-11-39(2)12-14-40)38-32(27)42(34(41)43)35-18-24-15-25(19-35)17-26(16-24)20-35/h4-10,21,24-26H,11-20,22H2,1-3H3,(H,36,37,38). The Labute approximate surface area is 271 Å². The van der Waals surface area contributed by atoms with Crippen molar-refractivity contribution in [1.29, 1.82) is 0 Å². The van der Waals surface area contributed by atoms with E-state index >= 15 is 0 Å². The molecular formula is C35H43N7O3S. The Kier molecular flexibility index (Phi) is 7.06. The maximum atomic E-state index is 14.8. The second-order valence-corrected chi connectivity index (χ2v) is 16.5. The fourth-order valence-corrected chi connectivity index (χ4v) is 10.7. The summed E-state index contributed by atoms with van der Waals surface area (Å²) in [5.74, 6) is 2.95. The predicted octanol–water partition coefficient (Wildman–Crippen LogP) is 5.60. The Morgan fingerprint density at radius 3 is 2.20 bits per heavy atom. The van der Waals surface area contributed by atoms with Crippen LogP contribution in [0, 0.1) is 24.7 Å². The molecule has 3 heterocycles. The van der Waals surface area contributed by atoms with Gasteiger partial charge < -0.3 is 15.1 Å². The lowest BCUT2D eigenvalue weighted by molar-refractivity contribution is -0.000910. The molecule has 11 heteroatoms. The van der Waals surface area contributed by atoms with E-state index in [0.29, 0.717) is 40.8 Å². The van der Waals surface area contributed by atoms with Crippen molar-refractivity contribution in [3.63, 3.8) is 0 Å². The lowest BCUT2D eigenvalue weighted by atomic mass is 9.52. The molecule has 3 aromatic rings. The van der Waals surface area contributed by atoms with Crippen LogP contribution in [0.2, 0.25) is 0 Å². The highest BCUT2D eigenvalue weighted by Crippen LogP contribution is 2.59. The number of likely N-dealkylation sites (N-methyl/N-ethyl adjacent to an activating group) is 1. The van der Waals surface area contributed by atoms with E-state index in [9.17, 15) is 13.2 Å². The molecule has 0 radical (unpaired) electrons. The van der Waals surface area contributed by atoms with Crippen molar-refractivity contribution in [2.24, 2.45) is 17.8 Å². The van der Waals surface area contributed by atoms with E-state index in [-0.39, 0.29) is 23.0 Å². The van der Waals surface area contributed by atoms with Crippen LogP contribution in [-0.4, -0.2) is 74.3 Å². The van der Waals surface area contributed by atoms with E-state index in [2.05, 4.69) is 46.4 Å². The first-order valence-electron chi connectivity index (χ1n) is 16.6. The molecule has 4 bridgehead atoms. The molecule has 4 aliphatic carbocycles. The zero-order valence-corrected chi connectivity index (χ0v) is 27.8. The number of piperazine rings is 1. The average molecular weight is 642 g/mol. The van der Waals surface area contributed by atoms with E-state index in [1.54, 1.807) is 24.0 Å². The molecule has 2 aromatic carbocycles. The lowest BCUT2D eigenvalue weighted by Gasteiger charge is -2.61. The molecule has 0 spiro atoms. The van der Waals surface area contributed by atoms with Crippen LogP contribution in [0.1, 0.15) is 49.7 Å². The van der Waals surface area contributed by atoms with Gasteiger partial charge in [0.1, 0.15) is 5.82 Å². The molecule has 9 rings (SSSR count). The molecule has 6 aliphatic rings. The first-order valence-corrected chi connectivity index (χ1v) is 18.5. The van der Waals surface area contributed by atoms with E-state index < -0.39 is 9.84 Å². The van der Waals surface area contributed by atoms with Crippen LogP contribution in [0.25, 0.3) is 0 Å². The highest BCUT2D eigenvalue weighted by Gasteiger charge is 2.57. The average Bonchev–Trinajstić information content (AvgIpc) is 3.00. The number of hydrogen-bond acceptors (Lipinski definition) is 8. The van der Waals surface area contributed by atoms with E-state index in [1.807, 2.05) is 17.2 Å². The number of carbonyl (C=O) groups is 1. The van der Waals surface area contributed by atoms with E-state index in [4.69, 9.17) is 9.97 Å². The van der Waals surface area contributed by atoms with Gasteiger partial charge in [0, 0.05) is 55.6 Å². The molecule has 1 aromatic heterocycles. The maximum Gasteiger partial charge on any atom is 0.331 e. The van der Waals surface area contributed by atoms with Crippen LogP contribution >= 0.6 is 0 Å². The van der Waals surface area contributed by atoms with Crippen LogP contribution in [0.4, 0.5) is 33.6 Å². The molecule has 4 saturated carbocycles. The smallest absolute Gasteiger partial charge is 0.331 e. The van der Waals surface area contributed by atoms with Gasteiger partial charge in [-0.3, -0.25) is 9.80 Å². The Morgan fingerprint density at radius 2 is 1.57 bits per heavy atom. The van der Waals surface area contributed by atoms with Gasteiger partial charge in [-0.25, -0.2) is 18.2 Å². The van der Waals surface area contributed by atoms with Gasteiger partial charge in [-0.1, -0.05) is 12.1 Å². The highest BCUT2D eigenvalue weighted by molar-refractivity contribution is 7.91. The number of urea groups is 1. The van der Waals surface area contributed by atoms with E-state index in [1.165, 1.54) is 31.2 Å². The Morgan fingerprint density at radius 1 is 0.913 bits per heavy atom. The molecule has 1 saturated heterocycles. The second-order valence-electron chi connectivity index (χ2n) is 14.5. The van der Waals surface area contributed by atoms with Crippen LogP contribution in [-0.2, 0) is 16.4 Å². The minimum Gasteiger partial charge on any atom is -0.369 e. The predicted molar refractivity (Wildman–Crippen MR) is 181 cm³/mol. The molecule has 1 N–H and O–H groups in total. The van der Waals surface area contributed by atoms with Gasteiger partial charge in [0.15, 0.2) is 9.84 Å². The summed E-state index contributed by atoms with van der Waals surface area (Å²) in [4.78, 5) is 33.2. The third kappa shape index (κ3) is 5.12. The minimum absolute atomic E-state index is 0.189. The maximum absolute atomic E-state index is 14.8. The summed E-state index contributed by atoms with van der Waals surface area (Å²) in [5.41, 5.74) is 3.65. The third-order valence-corrected chi connectivity index (χ3v) is 12.4. The zero-order valence-electron chi connectivity index (χ0n) is 26.9. The first-order chi connectivity index (χ1) is 22.1.